The van der Waals surface area contributed by atoms with Gasteiger partial charge in [-0.05, 0) is 67.4 Å². The fourth-order valence-electron chi connectivity index (χ4n) is 7.36. The molecule has 0 atom stereocenters. The third-order valence-corrected chi connectivity index (χ3v) is 13.6. The first kappa shape index (κ1) is 27.0. The van der Waals surface area contributed by atoms with Gasteiger partial charge in [-0.1, -0.05) is 164 Å². The molecule has 9 aromatic rings. The Bertz CT molecular complexity index is 2620. The fraction of sp³-hybridized carbons (Fsp3) is 0. The lowest BCUT2D eigenvalue weighted by atomic mass is 9.97. The summed E-state index contributed by atoms with van der Waals surface area (Å²) in [5.41, 5.74) is 8.56. The van der Waals surface area contributed by atoms with Gasteiger partial charge in [0.15, 0.2) is 0 Å². The lowest BCUT2D eigenvalue weighted by Crippen LogP contribution is -2.66. The van der Waals surface area contributed by atoms with Crippen LogP contribution in [0.3, 0.4) is 0 Å². The first-order valence-corrected chi connectivity index (χ1v) is 18.4. The van der Waals surface area contributed by atoms with Gasteiger partial charge in [-0.3, -0.25) is 0 Å². The van der Waals surface area contributed by atoms with Gasteiger partial charge in [0.05, 0.1) is 12.4 Å². The van der Waals surface area contributed by atoms with Crippen molar-refractivity contribution in [3.63, 3.8) is 0 Å². The molecule has 0 aliphatic rings. The van der Waals surface area contributed by atoms with E-state index in [-0.39, 0.29) is 0 Å². The summed E-state index contributed by atoms with van der Waals surface area (Å²) >= 11 is 0. The van der Waals surface area contributed by atoms with E-state index in [9.17, 15) is 0 Å². The van der Waals surface area contributed by atoms with Crippen molar-refractivity contribution in [2.75, 3.05) is 0 Å². The summed E-state index contributed by atoms with van der Waals surface area (Å²) in [5.74, 6) is 3.83. The Balaban J connectivity index is 1.40. The van der Waals surface area contributed by atoms with Gasteiger partial charge >= 0.3 is 0 Å². The highest BCUT2D eigenvalue weighted by Crippen LogP contribution is 2.32. The number of hydrogen-bond donors (Lipinski definition) is 0. The van der Waals surface area contributed by atoms with E-state index in [0.29, 0.717) is 6.04 Å². The van der Waals surface area contributed by atoms with Gasteiger partial charge in [-0.15, -0.1) is 5.54 Å². The second kappa shape index (κ2) is 11.6. The van der Waals surface area contributed by atoms with Crippen molar-refractivity contribution in [3.8, 4) is 17.2 Å². The smallest absolute Gasteiger partial charge is 0.230 e. The first-order valence-electron chi connectivity index (χ1n) is 16.9. The second-order valence-corrected chi connectivity index (χ2v) is 15.7. The maximum Gasteiger partial charge on any atom is 0.230 e. The largest absolute Gasteiger partial charge is 0.309 e. The van der Waals surface area contributed by atoms with E-state index in [1.165, 1.54) is 37.4 Å². The van der Waals surface area contributed by atoms with Gasteiger partial charge in [-0.25, -0.2) is 0 Å². The molecule has 0 amide bonds. The van der Waals surface area contributed by atoms with E-state index >= 15 is 0 Å². The maximum absolute atomic E-state index is 9.05. The average Bonchev–Trinajstić information content (AvgIpc) is 3.51. The Morgan fingerprint density at radius 1 is 0.438 bits per heavy atom. The third kappa shape index (κ3) is 4.48. The van der Waals surface area contributed by atoms with Crippen LogP contribution in [0.15, 0.2) is 188 Å². The molecule has 8 aromatic carbocycles. The molecule has 1 aromatic heterocycles. The highest BCUT2D eigenvalue weighted by atomic mass is 28.3. The van der Waals surface area contributed by atoms with E-state index in [0.717, 1.165) is 32.8 Å². The number of aromatic nitrogens is 1. The zero-order valence-corrected chi connectivity index (χ0v) is 27.3. The molecule has 0 spiro atoms. The molecule has 9 rings (SSSR count). The molecule has 0 aliphatic carbocycles. The van der Waals surface area contributed by atoms with Gasteiger partial charge < -0.3 is 4.57 Å². The van der Waals surface area contributed by atoms with Crippen molar-refractivity contribution in [2.45, 2.75) is 0 Å². The summed E-state index contributed by atoms with van der Waals surface area (Å²) in [4.78, 5) is 0. The van der Waals surface area contributed by atoms with Crippen LogP contribution in [0.2, 0.25) is 0 Å². The van der Waals surface area contributed by atoms with E-state index in [4.69, 9.17) is 1.37 Å². The Morgan fingerprint density at radius 3 is 1.56 bits per heavy atom. The molecule has 0 radical (unpaired) electrons. The molecule has 0 saturated heterocycles. The predicted molar refractivity (Wildman–Crippen MR) is 207 cm³/mol. The summed E-state index contributed by atoms with van der Waals surface area (Å²) in [6.45, 7) is 0. The van der Waals surface area contributed by atoms with Crippen LogP contribution in [0.5, 0.6) is 0 Å². The number of rotatable bonds is 4. The van der Waals surface area contributed by atoms with Crippen LogP contribution in [0.4, 0.5) is 0 Å². The van der Waals surface area contributed by atoms with Crippen molar-refractivity contribution in [1.29, 1.82) is 0 Å². The summed E-state index contributed by atoms with van der Waals surface area (Å²) in [5, 5.41) is 10.1. The summed E-state index contributed by atoms with van der Waals surface area (Å²) in [6, 6.07) is 65.1. The van der Waals surface area contributed by atoms with Crippen LogP contribution in [-0.2, 0) is 0 Å². The minimum Gasteiger partial charge on any atom is -0.309 e. The van der Waals surface area contributed by atoms with E-state index < -0.39 is 8.07 Å². The molecular weight excluding hydrogens is 595 g/mol. The first-order chi connectivity index (χ1) is 24.2. The van der Waals surface area contributed by atoms with Crippen molar-refractivity contribution < 1.29 is 1.37 Å². The van der Waals surface area contributed by atoms with Crippen LogP contribution in [0.25, 0.3) is 49.0 Å². The number of para-hydroxylation sites is 2. The highest BCUT2D eigenvalue weighted by molar-refractivity contribution is 7.17. The lowest BCUT2D eigenvalue weighted by molar-refractivity contribution is 1.18. The Labute approximate surface area is 282 Å². The van der Waals surface area contributed by atoms with Gasteiger partial charge in [0.2, 0.25) is 8.07 Å². The number of benzene rings is 8. The van der Waals surface area contributed by atoms with Crippen LogP contribution < -0.4 is 15.6 Å². The normalized spacial score (nSPS) is 11.9. The Kier molecular flexibility index (Phi) is 6.52. The monoisotopic (exact) mass is 626 g/mol. The van der Waals surface area contributed by atoms with E-state index in [1.807, 2.05) is 24.3 Å². The summed E-state index contributed by atoms with van der Waals surface area (Å²) < 4.78 is 11.4. The lowest BCUT2D eigenvalue weighted by Gasteiger charge is -2.28. The third-order valence-electron chi connectivity index (χ3n) is 9.57. The molecule has 1 nitrogen and oxygen atoms in total. The van der Waals surface area contributed by atoms with Gasteiger partial charge in [0, 0.05) is 22.0 Å². The van der Waals surface area contributed by atoms with Crippen molar-refractivity contribution in [1.82, 2.24) is 4.57 Å². The summed E-state index contributed by atoms with van der Waals surface area (Å²) in [6.07, 6.45) is 0. The molecule has 224 valence electrons. The number of fused-ring (bicyclic) bond motifs is 5. The fourth-order valence-corrected chi connectivity index (χ4v) is 11.2. The van der Waals surface area contributed by atoms with Crippen molar-refractivity contribution >= 4 is 67.0 Å². The van der Waals surface area contributed by atoms with E-state index in [1.54, 1.807) is 0 Å². The maximum atomic E-state index is 9.05. The molecular formula is C46H31NSi. The van der Waals surface area contributed by atoms with Gasteiger partial charge in [0.25, 0.3) is 0 Å². The standard InChI is InChI=1S/C46H31NSi/c1-4-18-36(19-5-1)47-45-27-15-14-26-43(45)44-33-39(28-29-46(44)47)48(37-20-6-2-7-21-37,38-22-8-3-9-23-38)31-30-42-40-24-12-10-16-34(40)32-35-17-11-13-25-41(35)42/h1-29,32-33H/i32D. The van der Waals surface area contributed by atoms with Crippen molar-refractivity contribution in [2.24, 2.45) is 0 Å². The van der Waals surface area contributed by atoms with Gasteiger partial charge in [0.1, 0.15) is 0 Å². The topological polar surface area (TPSA) is 4.93 Å². The highest BCUT2D eigenvalue weighted by Gasteiger charge is 2.39. The Hall–Kier alpha value is -6.14. The molecule has 2 heteroatoms. The van der Waals surface area contributed by atoms with Crippen molar-refractivity contribution in [3.05, 3.63) is 194 Å². The minimum atomic E-state index is -2.99. The zero-order chi connectivity index (χ0) is 32.8. The van der Waals surface area contributed by atoms with Crippen LogP contribution in [0.1, 0.15) is 6.93 Å². The second-order valence-electron chi connectivity index (χ2n) is 12.2. The quantitative estimate of drug-likeness (QED) is 0.0795. The Morgan fingerprint density at radius 2 is 0.938 bits per heavy atom. The minimum absolute atomic E-state index is 0.548. The molecule has 0 N–H and O–H groups in total. The number of hydrogen-bond acceptors (Lipinski definition) is 0. The molecule has 0 saturated carbocycles. The zero-order valence-electron chi connectivity index (χ0n) is 27.3. The van der Waals surface area contributed by atoms with Gasteiger partial charge in [-0.2, -0.15) is 0 Å². The molecule has 0 unspecified atom stereocenters. The molecule has 1 heterocycles. The number of nitrogens with zero attached hydrogens (tertiary/aromatic N) is 1. The molecule has 0 fully saturated rings. The molecule has 0 aliphatic heterocycles. The van der Waals surface area contributed by atoms with Crippen LogP contribution in [0, 0.1) is 11.5 Å². The van der Waals surface area contributed by atoms with Crippen LogP contribution in [-0.4, -0.2) is 12.6 Å². The SMILES string of the molecule is [2H]c1c2ccccc2c(C#C[Si](c2ccccc2)(c2ccccc2)c2ccc3c(c2)c2ccccc2n3-c2ccccc2)c2ccccc12. The van der Waals surface area contributed by atoms with E-state index in [2.05, 4.69) is 174 Å². The average molecular weight is 627 g/mol. The molecule has 0 bridgehead atoms. The summed E-state index contributed by atoms with van der Waals surface area (Å²) in [7, 11) is -2.99. The predicted octanol–water partition coefficient (Wildman–Crippen LogP) is 9.15. The molecule has 48 heavy (non-hydrogen) atoms. The van der Waals surface area contributed by atoms with Crippen LogP contribution >= 0.6 is 0 Å².